The van der Waals surface area contributed by atoms with Crippen molar-refractivity contribution >= 4 is 50.4 Å². The normalized spacial score (nSPS) is 14.8. The monoisotopic (exact) mass is 704 g/mol. The highest BCUT2D eigenvalue weighted by Gasteiger charge is 2.29. The molecule has 9 rings (SSSR count). The lowest BCUT2D eigenvalue weighted by Gasteiger charge is -2.34. The third kappa shape index (κ3) is 5.86. The Morgan fingerprint density at radius 1 is 0.648 bits per heavy atom. The zero-order valence-electron chi connectivity index (χ0n) is 30.8. The highest BCUT2D eigenvalue weighted by Crippen LogP contribution is 2.36. The molecular weight excluding hydrogens is 665 g/mol. The van der Waals surface area contributed by atoms with Crippen LogP contribution < -0.4 is 0 Å². The summed E-state index contributed by atoms with van der Waals surface area (Å²) in [6, 6.07) is 39.5. The van der Waals surface area contributed by atoms with E-state index in [0.29, 0.717) is 18.2 Å². The van der Waals surface area contributed by atoms with Crippen molar-refractivity contribution in [3.05, 3.63) is 157 Å². The molecule has 0 spiro atoms. The Kier molecular flexibility index (Phi) is 8.43. The molecule has 0 radical (unpaired) electrons. The predicted molar refractivity (Wildman–Crippen MR) is 221 cm³/mol. The number of likely N-dealkylation sites (N-methyl/N-ethyl adjacent to an activating group) is 1. The standard InChI is InChI=1S/C46H40N8/c1-30(2)23-24-32-31(3)53(40-20-8-5-15-33(32)40)46-29-45(54-41-21-9-6-16-34(41)35-17-7-10-22-42(35)54)51-44(52(46)4)28-43-49-38(36-18-11-13-25-47-36)27-39(50-43)37-19-12-14-26-48-37/h5-27,29-30,44H,28H2,1-4H3/b24-23-/t44-/m0/s1. The first-order valence-corrected chi connectivity index (χ1v) is 18.4. The zero-order valence-corrected chi connectivity index (χ0v) is 30.8. The number of rotatable bonds is 7. The number of para-hydroxylation sites is 3. The minimum absolute atomic E-state index is 0.342. The van der Waals surface area contributed by atoms with Gasteiger partial charge < -0.3 is 4.90 Å². The number of fused-ring (bicyclic) bond motifs is 4. The van der Waals surface area contributed by atoms with Gasteiger partial charge in [0.25, 0.3) is 0 Å². The maximum Gasteiger partial charge on any atom is 0.138 e. The summed E-state index contributed by atoms with van der Waals surface area (Å²) in [4.78, 5) is 27.3. The van der Waals surface area contributed by atoms with E-state index in [-0.39, 0.29) is 6.17 Å². The van der Waals surface area contributed by atoms with Gasteiger partial charge in [-0.2, -0.15) is 0 Å². The molecule has 0 aliphatic carbocycles. The second-order valence-electron chi connectivity index (χ2n) is 14.1. The molecule has 6 heterocycles. The molecule has 8 aromatic rings. The van der Waals surface area contributed by atoms with Crippen molar-refractivity contribution in [1.29, 1.82) is 0 Å². The molecule has 1 aliphatic heterocycles. The number of allylic oxidation sites excluding steroid dienone is 2. The molecule has 0 fully saturated rings. The lowest BCUT2D eigenvalue weighted by Crippen LogP contribution is -2.38. The Morgan fingerprint density at radius 3 is 1.74 bits per heavy atom. The number of pyridine rings is 2. The fourth-order valence-corrected chi connectivity index (χ4v) is 7.57. The van der Waals surface area contributed by atoms with Gasteiger partial charge in [0, 0.05) is 59.4 Å². The Labute approximate surface area is 314 Å². The van der Waals surface area contributed by atoms with Gasteiger partial charge in [-0.25, -0.2) is 15.0 Å². The van der Waals surface area contributed by atoms with Crippen molar-refractivity contribution < 1.29 is 0 Å². The molecule has 0 N–H and O–H groups in total. The quantitative estimate of drug-likeness (QED) is 0.165. The van der Waals surface area contributed by atoms with Crippen LogP contribution in [0.15, 0.2) is 145 Å². The van der Waals surface area contributed by atoms with Gasteiger partial charge >= 0.3 is 0 Å². The van der Waals surface area contributed by atoms with Crippen LogP contribution >= 0.6 is 0 Å². The van der Waals surface area contributed by atoms with Gasteiger partial charge in [0.2, 0.25) is 0 Å². The molecular formula is C46H40N8. The average Bonchev–Trinajstić information content (AvgIpc) is 3.69. The molecule has 54 heavy (non-hydrogen) atoms. The van der Waals surface area contributed by atoms with E-state index < -0.39 is 0 Å². The summed E-state index contributed by atoms with van der Waals surface area (Å²) >= 11 is 0. The van der Waals surface area contributed by atoms with Gasteiger partial charge in [-0.05, 0) is 61.4 Å². The highest BCUT2D eigenvalue weighted by molar-refractivity contribution is 6.17. The van der Waals surface area contributed by atoms with Crippen molar-refractivity contribution in [3.63, 3.8) is 0 Å². The molecule has 3 aromatic carbocycles. The van der Waals surface area contributed by atoms with Gasteiger partial charge in [0.15, 0.2) is 0 Å². The molecule has 0 saturated heterocycles. The van der Waals surface area contributed by atoms with Gasteiger partial charge in [0.05, 0.1) is 39.3 Å². The summed E-state index contributed by atoms with van der Waals surface area (Å²) in [5.74, 6) is 2.97. The zero-order chi connectivity index (χ0) is 36.8. The summed E-state index contributed by atoms with van der Waals surface area (Å²) in [5, 5.41) is 3.60. The van der Waals surface area contributed by atoms with Gasteiger partial charge in [-0.15, -0.1) is 0 Å². The Hall–Kier alpha value is -6.67. The first-order chi connectivity index (χ1) is 26.4. The number of aromatic nitrogens is 6. The van der Waals surface area contributed by atoms with Crippen LogP contribution in [0, 0.1) is 12.8 Å². The summed E-state index contributed by atoms with van der Waals surface area (Å²) in [6.07, 6.45) is 10.5. The predicted octanol–water partition coefficient (Wildman–Crippen LogP) is 9.90. The van der Waals surface area contributed by atoms with Crippen LogP contribution in [0.1, 0.15) is 30.9 Å². The van der Waals surface area contributed by atoms with Crippen LogP contribution in [0.2, 0.25) is 0 Å². The maximum atomic E-state index is 5.55. The van der Waals surface area contributed by atoms with Crippen molar-refractivity contribution in [3.8, 4) is 22.8 Å². The third-order valence-electron chi connectivity index (χ3n) is 10.2. The van der Waals surface area contributed by atoms with Crippen LogP contribution in [0.25, 0.3) is 67.4 Å². The Bertz CT molecular complexity index is 2640. The van der Waals surface area contributed by atoms with E-state index in [2.05, 4.69) is 143 Å². The van der Waals surface area contributed by atoms with Crippen LogP contribution in [0.4, 0.5) is 0 Å². The summed E-state index contributed by atoms with van der Waals surface area (Å²) in [6.45, 7) is 6.64. The van der Waals surface area contributed by atoms with Gasteiger partial charge in [-0.1, -0.05) is 92.7 Å². The molecule has 5 aromatic heterocycles. The summed E-state index contributed by atoms with van der Waals surface area (Å²) < 4.78 is 4.69. The minimum atomic E-state index is -0.342. The van der Waals surface area contributed by atoms with E-state index in [0.717, 1.165) is 51.0 Å². The number of hydrogen-bond donors (Lipinski definition) is 0. The molecule has 0 saturated carbocycles. The fraction of sp³-hybridized carbons (Fsp3) is 0.152. The van der Waals surface area contributed by atoms with Gasteiger partial charge in [0.1, 0.15) is 23.6 Å². The van der Waals surface area contributed by atoms with E-state index in [1.54, 1.807) is 12.4 Å². The number of nitrogens with zero attached hydrogens (tertiary/aromatic N) is 8. The molecule has 8 nitrogen and oxygen atoms in total. The molecule has 0 unspecified atom stereocenters. The SMILES string of the molecule is Cc1c(/C=C\C(C)C)c2ccccc2n1C1=CC(n2c3ccccc3c3ccccc32)=N[C@H](Cc2nc(-c3ccccn3)cc(-c3ccccn3)n2)N1C. The summed E-state index contributed by atoms with van der Waals surface area (Å²) in [5.41, 5.74) is 8.80. The van der Waals surface area contributed by atoms with Gasteiger partial charge in [-0.3, -0.25) is 19.1 Å². The molecule has 1 aliphatic rings. The summed E-state index contributed by atoms with van der Waals surface area (Å²) in [7, 11) is 2.13. The van der Waals surface area contributed by atoms with Crippen LogP contribution in [-0.4, -0.2) is 53.0 Å². The van der Waals surface area contributed by atoms with Crippen LogP contribution in [-0.2, 0) is 6.42 Å². The first kappa shape index (κ1) is 33.2. The van der Waals surface area contributed by atoms with Crippen molar-refractivity contribution in [2.45, 2.75) is 33.4 Å². The van der Waals surface area contributed by atoms with Crippen LogP contribution in [0.5, 0.6) is 0 Å². The van der Waals surface area contributed by atoms with E-state index in [4.69, 9.17) is 15.0 Å². The molecule has 0 amide bonds. The third-order valence-corrected chi connectivity index (χ3v) is 10.2. The van der Waals surface area contributed by atoms with Crippen LogP contribution in [0.3, 0.4) is 0 Å². The lowest BCUT2D eigenvalue weighted by molar-refractivity contribution is 0.332. The topological polar surface area (TPSA) is 77.0 Å². The van der Waals surface area contributed by atoms with E-state index >= 15 is 0 Å². The molecule has 1 atom stereocenters. The second kappa shape index (κ2) is 13.7. The first-order valence-electron chi connectivity index (χ1n) is 18.4. The lowest BCUT2D eigenvalue weighted by atomic mass is 10.1. The maximum absolute atomic E-state index is 5.55. The van der Waals surface area contributed by atoms with Crippen molar-refractivity contribution in [2.75, 3.05) is 7.05 Å². The number of aliphatic imine (C=N–C) groups is 1. The minimum Gasteiger partial charge on any atom is -0.338 e. The average molecular weight is 705 g/mol. The molecule has 8 heteroatoms. The van der Waals surface area contributed by atoms with E-state index in [9.17, 15) is 0 Å². The number of hydrogen-bond acceptors (Lipinski definition) is 6. The largest absolute Gasteiger partial charge is 0.338 e. The van der Waals surface area contributed by atoms with E-state index in [1.165, 1.54) is 27.4 Å². The Balaban J connectivity index is 1.26. The van der Waals surface area contributed by atoms with E-state index in [1.807, 2.05) is 42.5 Å². The number of benzene rings is 3. The highest BCUT2D eigenvalue weighted by atomic mass is 15.4. The Morgan fingerprint density at radius 2 is 1.19 bits per heavy atom. The molecule has 0 bridgehead atoms. The fourth-order valence-electron chi connectivity index (χ4n) is 7.57. The van der Waals surface area contributed by atoms with Crippen molar-refractivity contribution in [2.24, 2.45) is 10.9 Å². The van der Waals surface area contributed by atoms with Crippen molar-refractivity contribution in [1.82, 2.24) is 34.0 Å². The smallest absolute Gasteiger partial charge is 0.138 e. The molecule has 264 valence electrons. The second-order valence-corrected chi connectivity index (χ2v) is 14.1.